The van der Waals surface area contributed by atoms with Gasteiger partial charge in [-0.2, -0.15) is 11.8 Å². The second-order valence-electron chi connectivity index (χ2n) is 31.2. The molecule has 0 spiro atoms. The molecule has 1 saturated heterocycles. The van der Waals surface area contributed by atoms with Crippen LogP contribution in [0.2, 0.25) is 0 Å². The van der Waals surface area contributed by atoms with E-state index in [2.05, 4.69) is 99.4 Å². The number of likely N-dealkylation sites (tertiary alicyclic amines) is 1. The van der Waals surface area contributed by atoms with Crippen LogP contribution in [0.5, 0.6) is 5.75 Å². The number of thioether (sulfide) groups is 1. The van der Waals surface area contributed by atoms with E-state index in [1.165, 1.54) is 79.8 Å². The van der Waals surface area contributed by atoms with Gasteiger partial charge in [-0.3, -0.25) is 77.3 Å². The van der Waals surface area contributed by atoms with Gasteiger partial charge in [-0.15, -0.1) is 0 Å². The number of fused-ring (bicyclic) bond motifs is 1. The second kappa shape index (κ2) is 50.7. The molecular formula is C80H119N25O19S. The fraction of sp³-hybridized carbons (Fsp3) is 0.537. The zero-order chi connectivity index (χ0) is 92.1. The van der Waals surface area contributed by atoms with Crippen LogP contribution in [0.1, 0.15) is 128 Å². The minimum atomic E-state index is -1.87. The molecule has 2 aromatic carbocycles. The smallest absolute Gasteiger partial charge is 0.326 e. The van der Waals surface area contributed by atoms with Gasteiger partial charge in [0.15, 0.2) is 5.96 Å². The number of carboxylic acid groups (broad SMARTS) is 1. The lowest BCUT2D eigenvalue weighted by molar-refractivity contribution is -0.142. The van der Waals surface area contributed by atoms with Gasteiger partial charge in [0.2, 0.25) is 88.6 Å². The number of hydrogen-bond donors (Lipinski definition) is 25. The summed E-state index contributed by atoms with van der Waals surface area (Å²) in [6.45, 7) is 7.94. The molecule has 125 heavy (non-hydrogen) atoms. The maximum absolute atomic E-state index is 15.0. The number of guanidine groups is 1. The van der Waals surface area contributed by atoms with Crippen molar-refractivity contribution in [3.05, 3.63) is 102 Å². The zero-order valence-electron chi connectivity index (χ0n) is 70.8. The molecule has 0 radical (unpaired) electrons. The molecule has 1 fully saturated rings. The first-order valence-electron chi connectivity index (χ1n) is 41.0. The number of rotatable bonds is 53. The molecule has 44 nitrogen and oxygen atoms in total. The number of aliphatic hydroxyl groups is 1. The number of nitrogens with zero attached hydrogens (tertiary/aromatic N) is 3. The number of aromatic nitrogens is 5. The van der Waals surface area contributed by atoms with Crippen LogP contribution in [-0.4, -0.2) is 275 Å². The maximum atomic E-state index is 15.0. The van der Waals surface area contributed by atoms with Crippen LogP contribution in [0.15, 0.2) is 79.8 Å². The molecule has 0 bridgehead atoms. The van der Waals surface area contributed by atoms with E-state index in [1.54, 1.807) is 64.4 Å². The van der Waals surface area contributed by atoms with Crippen LogP contribution in [-0.2, 0) is 102 Å². The number of unbranched alkanes of at least 4 members (excludes halogenated alkanes) is 1. The molecule has 14 unspecified atom stereocenters. The lowest BCUT2D eigenvalue weighted by atomic mass is 10.0. The fourth-order valence-corrected chi connectivity index (χ4v) is 13.9. The molecule has 0 saturated carbocycles. The maximum Gasteiger partial charge on any atom is 0.326 e. The molecule has 6 rings (SSSR count). The van der Waals surface area contributed by atoms with Gasteiger partial charge in [-0.1, -0.05) is 58.0 Å². The number of carbonyl (C=O) groups excluding carboxylic acids is 15. The minimum absolute atomic E-state index is 0.0131. The molecule has 3 aromatic heterocycles. The lowest BCUT2D eigenvalue weighted by Crippen LogP contribution is -2.60. The molecule has 5 aromatic rings. The molecule has 45 heteroatoms. The number of primary amides is 1. The highest BCUT2D eigenvalue weighted by Gasteiger charge is 2.42. The molecular weight excluding hydrogens is 1650 g/mol. The van der Waals surface area contributed by atoms with E-state index >= 15 is 4.79 Å². The summed E-state index contributed by atoms with van der Waals surface area (Å²) < 4.78 is 0. The van der Waals surface area contributed by atoms with Crippen molar-refractivity contribution in [1.29, 1.82) is 5.41 Å². The van der Waals surface area contributed by atoms with Crippen molar-refractivity contribution in [2.45, 2.75) is 216 Å². The predicted octanol–water partition coefficient (Wildman–Crippen LogP) is -5.32. The summed E-state index contributed by atoms with van der Waals surface area (Å²) in [5.41, 5.74) is 24.9. The number of imidazole rings is 2. The summed E-state index contributed by atoms with van der Waals surface area (Å²) in [5, 5.41) is 74.1. The standard InChI is InChI=1S/C80H119N25O19S/c1-41(2)28-60(79(123)124)103-72(116)56(31-47-35-86-39-92-47)95-64(110)38-91-77(121)66(42(3)4)104-67(111)43(5)94-71(115)55(30-46-34-89-51-15-9-8-14-50(46)51)100-73(117)57(32-48-36-87-40-93-48)101-74(118)58(33-62(82)108)96-63(109)37-90-68(112)52(17-12-25-88-80(84)85)98-75(119)61-18-13-26-105(61)78(122)59(29-45-19-21-49(107)22-20-45)102-70(114)54(23-27-125-7)97-69(113)53(16-10-11-24-81)99-76(120)65(83)44(6)106/h8-9,14-15,19-22,34-36,39-44,52-61,65-66,89,106-107H,10-13,16-18,23-33,37-38,81,83H2,1-7H3,(H2,82,108)(H,86,92)(H,87,93)(H,90,112)(H,91,121)(H,94,115)(H,95,110)(H,96,109)(H,97,113)(H,98,119)(H,99,120)(H,100,117)(H,101,118)(H,102,114)(H,103,116)(H,104,111)(H,123,124)(H4,84,85,88). The van der Waals surface area contributed by atoms with Crippen molar-refractivity contribution >= 4 is 123 Å². The number of hydrogen-bond acceptors (Lipinski definition) is 24. The van der Waals surface area contributed by atoms with E-state index in [0.717, 1.165) is 0 Å². The van der Waals surface area contributed by atoms with E-state index in [1.807, 2.05) is 0 Å². The largest absolute Gasteiger partial charge is 0.508 e. The Hall–Kier alpha value is -12.8. The SMILES string of the molecule is CSCCC(NC(=O)C(CCCCN)NC(=O)C(N)C(C)O)C(=O)NC(Cc1ccc(O)cc1)C(=O)N1CCCC1C(=O)NC(CCCNC(=N)N)C(=O)NCC(=O)NC(CC(N)=O)C(=O)NC(Cc1c[nH]cn1)C(=O)NC(Cc1c[nH]c2ccccc12)C(=O)NC(C)C(=O)NC(C(=O)NCC(=O)NC(Cc1c[nH]cn1)C(=O)NC(CC(C)C)C(=O)O)C(C)C. The highest BCUT2D eigenvalue weighted by Crippen LogP contribution is 2.24. The van der Waals surface area contributed by atoms with E-state index in [-0.39, 0.29) is 101 Å². The average Bonchev–Trinajstić information content (AvgIpc) is 1.71. The van der Waals surface area contributed by atoms with Crippen molar-refractivity contribution in [2.24, 2.45) is 34.8 Å². The summed E-state index contributed by atoms with van der Waals surface area (Å²) in [4.78, 5) is 241. The molecule has 29 N–H and O–H groups in total. The van der Waals surface area contributed by atoms with Gasteiger partial charge >= 0.3 is 5.97 Å². The summed E-state index contributed by atoms with van der Waals surface area (Å²) in [6, 6.07) is -5.88. The molecule has 0 aliphatic carbocycles. The number of amides is 15. The van der Waals surface area contributed by atoms with Crippen molar-refractivity contribution in [1.82, 2.24) is 104 Å². The van der Waals surface area contributed by atoms with Crippen molar-refractivity contribution < 1.29 is 92.0 Å². The van der Waals surface area contributed by atoms with Gasteiger partial charge in [0, 0.05) is 68.3 Å². The first kappa shape index (κ1) is 101. The van der Waals surface area contributed by atoms with Crippen LogP contribution in [0.4, 0.5) is 0 Å². The number of aliphatic carboxylic acids is 1. The quantitative estimate of drug-likeness (QED) is 0.00982. The first-order valence-corrected chi connectivity index (χ1v) is 42.4. The van der Waals surface area contributed by atoms with E-state index in [9.17, 15) is 87.2 Å². The van der Waals surface area contributed by atoms with Gasteiger partial charge in [-0.25, -0.2) is 14.8 Å². The number of carboxylic acids is 1. The highest BCUT2D eigenvalue weighted by atomic mass is 32.2. The normalized spacial score (nSPS) is 15.6. The third-order valence-corrected chi connectivity index (χ3v) is 20.9. The second-order valence-corrected chi connectivity index (χ2v) is 32.2. The number of aromatic amines is 3. The number of aromatic hydroxyl groups is 1. The minimum Gasteiger partial charge on any atom is -0.508 e. The molecule has 14 atom stereocenters. The number of phenols is 1. The Bertz CT molecular complexity index is 4490. The Kier molecular flexibility index (Phi) is 41.0. The zero-order valence-corrected chi connectivity index (χ0v) is 71.6. The highest BCUT2D eigenvalue weighted by molar-refractivity contribution is 7.98. The Morgan fingerprint density at radius 3 is 1.66 bits per heavy atom. The number of carbonyl (C=O) groups is 16. The third-order valence-electron chi connectivity index (χ3n) is 20.3. The number of phenolic OH excluding ortho intramolecular Hbond substituents is 1. The number of para-hydroxylation sites is 1. The first-order chi connectivity index (χ1) is 59.4. The number of H-pyrrole nitrogens is 3. The molecule has 4 heterocycles. The van der Waals surface area contributed by atoms with E-state index in [4.69, 9.17) is 28.3 Å². The monoisotopic (exact) mass is 1770 g/mol. The lowest BCUT2D eigenvalue weighted by Gasteiger charge is -2.31. The summed E-state index contributed by atoms with van der Waals surface area (Å²) in [6.07, 6.45) is 6.95. The van der Waals surface area contributed by atoms with Crippen LogP contribution in [0, 0.1) is 17.2 Å². The van der Waals surface area contributed by atoms with Crippen LogP contribution in [0.25, 0.3) is 10.9 Å². The molecule has 684 valence electrons. The third kappa shape index (κ3) is 33.4. The fourth-order valence-electron chi connectivity index (χ4n) is 13.5. The van der Waals surface area contributed by atoms with E-state index < -0.39 is 217 Å². The Morgan fingerprint density at radius 1 is 0.568 bits per heavy atom. The van der Waals surface area contributed by atoms with E-state index in [0.29, 0.717) is 46.3 Å². The van der Waals surface area contributed by atoms with Gasteiger partial charge in [0.25, 0.3) is 0 Å². The number of benzene rings is 2. The average molecular weight is 1770 g/mol. The van der Waals surface area contributed by atoms with Gasteiger partial charge in [0.1, 0.15) is 84.3 Å². The summed E-state index contributed by atoms with van der Waals surface area (Å²) >= 11 is 1.35. The van der Waals surface area contributed by atoms with Gasteiger partial charge in [0.05, 0.1) is 49.7 Å². The molecule has 15 amide bonds. The topological polar surface area (TPSA) is 707 Å². The van der Waals surface area contributed by atoms with Crippen molar-refractivity contribution in [3.63, 3.8) is 0 Å². The van der Waals surface area contributed by atoms with Crippen LogP contribution in [0.3, 0.4) is 0 Å². The summed E-state index contributed by atoms with van der Waals surface area (Å²) in [7, 11) is 0. The van der Waals surface area contributed by atoms with Crippen molar-refractivity contribution in [3.8, 4) is 5.75 Å². The van der Waals surface area contributed by atoms with Gasteiger partial charge < -0.3 is 133 Å². The predicted molar refractivity (Wildman–Crippen MR) is 457 cm³/mol. The number of aliphatic hydroxyl groups excluding tert-OH is 1. The number of nitrogens with two attached hydrogens (primary N) is 4. The van der Waals surface area contributed by atoms with Gasteiger partial charge in [-0.05, 0) is 131 Å². The van der Waals surface area contributed by atoms with Crippen molar-refractivity contribution in [2.75, 3.05) is 44.7 Å². The Labute approximate surface area is 725 Å². The Morgan fingerprint density at radius 2 is 1.10 bits per heavy atom. The molecule has 1 aliphatic rings. The van der Waals surface area contributed by atoms with Crippen LogP contribution >= 0.6 is 11.8 Å². The van der Waals surface area contributed by atoms with Crippen LogP contribution < -0.4 is 97.4 Å². The number of nitrogens with one attached hydrogen (secondary N) is 18. The molecule has 1 aliphatic heterocycles. The summed E-state index contributed by atoms with van der Waals surface area (Å²) in [5.74, 6) is -16.0. The Balaban J connectivity index is 1.16.